The Morgan fingerprint density at radius 1 is 0.968 bits per heavy atom. The molecule has 8 heteroatoms. The summed E-state index contributed by atoms with van der Waals surface area (Å²) in [6.07, 6.45) is 0. The van der Waals surface area contributed by atoms with Gasteiger partial charge in [-0.25, -0.2) is 9.10 Å². The summed E-state index contributed by atoms with van der Waals surface area (Å²) in [5.74, 6) is 0.293. The number of hydrogen-bond acceptors (Lipinski definition) is 4. The molecule has 0 atom stereocenters. The fourth-order valence-electron chi connectivity index (χ4n) is 2.92. The van der Waals surface area contributed by atoms with Crippen LogP contribution in [0.3, 0.4) is 0 Å². The molecule has 3 aromatic carbocycles. The van der Waals surface area contributed by atoms with Crippen molar-refractivity contribution in [1.29, 1.82) is 0 Å². The molecule has 31 heavy (non-hydrogen) atoms. The number of hydrogen-bond donors (Lipinski definition) is 3. The summed E-state index contributed by atoms with van der Waals surface area (Å²) < 4.78 is 6.46. The first kappa shape index (κ1) is 22.5. The first-order chi connectivity index (χ1) is 14.8. The van der Waals surface area contributed by atoms with E-state index in [1.54, 1.807) is 42.5 Å². The number of rotatable bonds is 5. The second kappa shape index (κ2) is 9.76. The van der Waals surface area contributed by atoms with E-state index < -0.39 is 6.03 Å². The Bertz CT molecular complexity index is 1120. The summed E-state index contributed by atoms with van der Waals surface area (Å²) in [5.41, 5.74) is 3.89. The van der Waals surface area contributed by atoms with E-state index >= 15 is 0 Å². The number of carbonyl (C=O) groups excluding carboxylic acids is 2. The fourth-order valence-corrected chi connectivity index (χ4v) is 3.27. The highest BCUT2D eigenvalue weighted by atomic mass is 35.5. The van der Waals surface area contributed by atoms with Gasteiger partial charge in [0.1, 0.15) is 5.75 Å². The molecular weight excluding hydrogens is 434 g/mol. The molecule has 0 unspecified atom stereocenters. The molecule has 0 fully saturated rings. The van der Waals surface area contributed by atoms with E-state index in [-0.39, 0.29) is 5.91 Å². The minimum absolute atomic E-state index is 0.199. The molecule has 3 rings (SSSR count). The van der Waals surface area contributed by atoms with E-state index in [0.29, 0.717) is 33.4 Å². The van der Waals surface area contributed by atoms with Gasteiger partial charge in [0.2, 0.25) is 0 Å². The molecule has 0 aliphatic heterocycles. The molecule has 3 aromatic rings. The van der Waals surface area contributed by atoms with Gasteiger partial charge in [0, 0.05) is 16.3 Å². The van der Waals surface area contributed by atoms with Crippen molar-refractivity contribution in [1.82, 2.24) is 0 Å². The molecule has 0 radical (unpaired) electrons. The molecule has 3 amide bonds. The SMILES string of the molecule is COc1cc(C)c(Cl)cc1NC(=O)N(S)c1ccc(NC(=O)c2ccccc2C)cc1. The van der Waals surface area contributed by atoms with Gasteiger partial charge in [0.25, 0.3) is 5.91 Å². The number of urea groups is 1. The fraction of sp³-hybridized carbons (Fsp3) is 0.130. The molecule has 0 aliphatic carbocycles. The van der Waals surface area contributed by atoms with Crippen LogP contribution in [0.25, 0.3) is 0 Å². The zero-order chi connectivity index (χ0) is 22.5. The summed E-state index contributed by atoms with van der Waals surface area (Å²) >= 11 is 10.5. The number of thiol groups is 1. The smallest absolute Gasteiger partial charge is 0.336 e. The lowest BCUT2D eigenvalue weighted by Gasteiger charge is -2.19. The Kier molecular flexibility index (Phi) is 7.09. The molecule has 0 bridgehead atoms. The van der Waals surface area contributed by atoms with Gasteiger partial charge in [0.05, 0.1) is 18.5 Å². The van der Waals surface area contributed by atoms with Crippen LogP contribution in [0.5, 0.6) is 5.75 Å². The van der Waals surface area contributed by atoms with Crippen LogP contribution in [-0.2, 0) is 0 Å². The molecule has 6 nitrogen and oxygen atoms in total. The Morgan fingerprint density at radius 3 is 2.29 bits per heavy atom. The lowest BCUT2D eigenvalue weighted by molar-refractivity contribution is 0.102. The average Bonchev–Trinajstić information content (AvgIpc) is 2.76. The molecule has 0 saturated carbocycles. The van der Waals surface area contributed by atoms with Crippen LogP contribution in [0, 0.1) is 13.8 Å². The van der Waals surface area contributed by atoms with Crippen molar-refractivity contribution in [2.75, 3.05) is 22.0 Å². The molecule has 0 aromatic heterocycles. The number of methoxy groups -OCH3 is 1. The van der Waals surface area contributed by atoms with Crippen LogP contribution in [0.1, 0.15) is 21.5 Å². The van der Waals surface area contributed by atoms with E-state index in [0.717, 1.165) is 15.4 Å². The van der Waals surface area contributed by atoms with Gasteiger partial charge in [-0.05, 0) is 67.4 Å². The first-order valence-electron chi connectivity index (χ1n) is 9.41. The van der Waals surface area contributed by atoms with Crippen molar-refractivity contribution in [2.24, 2.45) is 0 Å². The van der Waals surface area contributed by atoms with Gasteiger partial charge in [-0.3, -0.25) is 4.79 Å². The van der Waals surface area contributed by atoms with Crippen molar-refractivity contribution in [3.63, 3.8) is 0 Å². The minimum Gasteiger partial charge on any atom is -0.495 e. The quantitative estimate of drug-likeness (QED) is 0.407. The van der Waals surface area contributed by atoms with Crippen LogP contribution in [0.15, 0.2) is 60.7 Å². The highest BCUT2D eigenvalue weighted by Gasteiger charge is 2.16. The monoisotopic (exact) mass is 455 g/mol. The predicted octanol–water partition coefficient (Wildman–Crippen LogP) is 6.10. The topological polar surface area (TPSA) is 70.7 Å². The number of halogens is 1. The highest BCUT2D eigenvalue weighted by molar-refractivity contribution is 7.82. The lowest BCUT2D eigenvalue weighted by atomic mass is 10.1. The predicted molar refractivity (Wildman–Crippen MR) is 129 cm³/mol. The van der Waals surface area contributed by atoms with Gasteiger partial charge >= 0.3 is 6.03 Å². The highest BCUT2D eigenvalue weighted by Crippen LogP contribution is 2.31. The van der Waals surface area contributed by atoms with Crippen LogP contribution in [0.2, 0.25) is 5.02 Å². The molecule has 0 aliphatic rings. The van der Waals surface area contributed by atoms with Gasteiger partial charge in [-0.1, -0.05) is 42.6 Å². The Labute approximate surface area is 191 Å². The number of aryl methyl sites for hydroxylation is 2. The maximum atomic E-state index is 12.6. The van der Waals surface area contributed by atoms with Crippen molar-refractivity contribution >= 4 is 53.4 Å². The Balaban J connectivity index is 1.69. The average molecular weight is 456 g/mol. The number of nitrogens with zero attached hydrogens (tertiary/aromatic N) is 1. The van der Waals surface area contributed by atoms with Gasteiger partial charge in [0.15, 0.2) is 0 Å². The zero-order valence-electron chi connectivity index (χ0n) is 17.3. The second-order valence-electron chi connectivity index (χ2n) is 6.86. The molecule has 0 heterocycles. The number of nitrogens with one attached hydrogen (secondary N) is 2. The second-order valence-corrected chi connectivity index (χ2v) is 7.67. The van der Waals surface area contributed by atoms with Crippen LogP contribution in [-0.4, -0.2) is 19.0 Å². The third-order valence-electron chi connectivity index (χ3n) is 4.67. The molecular formula is C23H22ClN3O3S. The summed E-state index contributed by atoms with van der Waals surface area (Å²) in [7, 11) is 1.51. The van der Waals surface area contributed by atoms with E-state index in [4.69, 9.17) is 16.3 Å². The summed E-state index contributed by atoms with van der Waals surface area (Å²) in [6.45, 7) is 3.73. The number of anilines is 3. The van der Waals surface area contributed by atoms with Gasteiger partial charge < -0.3 is 15.4 Å². The number of carbonyl (C=O) groups is 2. The van der Waals surface area contributed by atoms with Crippen LogP contribution < -0.4 is 19.7 Å². The number of ether oxygens (including phenoxy) is 1. The zero-order valence-corrected chi connectivity index (χ0v) is 18.9. The van der Waals surface area contributed by atoms with E-state index in [2.05, 4.69) is 23.4 Å². The largest absolute Gasteiger partial charge is 0.495 e. The summed E-state index contributed by atoms with van der Waals surface area (Å²) in [4.78, 5) is 25.1. The summed E-state index contributed by atoms with van der Waals surface area (Å²) in [6, 6.07) is 17.0. The van der Waals surface area contributed by atoms with Crippen molar-refractivity contribution in [3.8, 4) is 5.75 Å². The first-order valence-corrected chi connectivity index (χ1v) is 10.2. The summed E-state index contributed by atoms with van der Waals surface area (Å²) in [5, 5.41) is 6.09. The molecule has 0 saturated heterocycles. The molecule has 0 spiro atoms. The minimum atomic E-state index is -0.488. The number of benzene rings is 3. The van der Waals surface area contributed by atoms with Gasteiger partial charge in [-0.2, -0.15) is 0 Å². The Hall–Kier alpha value is -3.16. The lowest BCUT2D eigenvalue weighted by Crippen LogP contribution is -2.27. The van der Waals surface area contributed by atoms with E-state index in [9.17, 15) is 9.59 Å². The van der Waals surface area contributed by atoms with Crippen molar-refractivity contribution in [3.05, 3.63) is 82.4 Å². The maximum absolute atomic E-state index is 12.6. The normalized spacial score (nSPS) is 10.4. The van der Waals surface area contributed by atoms with Gasteiger partial charge in [-0.15, -0.1) is 0 Å². The third-order valence-corrected chi connectivity index (χ3v) is 5.49. The third kappa shape index (κ3) is 5.31. The molecule has 160 valence electrons. The maximum Gasteiger partial charge on any atom is 0.336 e. The molecule has 2 N–H and O–H groups in total. The van der Waals surface area contributed by atoms with E-state index in [1.165, 1.54) is 7.11 Å². The van der Waals surface area contributed by atoms with E-state index in [1.807, 2.05) is 32.0 Å². The van der Waals surface area contributed by atoms with Crippen LogP contribution >= 0.6 is 24.4 Å². The number of amides is 3. The Morgan fingerprint density at radius 2 is 1.65 bits per heavy atom. The van der Waals surface area contributed by atoms with Crippen molar-refractivity contribution in [2.45, 2.75) is 13.8 Å². The standard InChI is InChI=1S/C23H22ClN3O3S/c1-14-6-4-5-7-18(14)22(28)25-16-8-10-17(11-9-16)27(31)23(29)26-20-13-19(24)15(2)12-21(20)30-3/h4-13,31H,1-3H3,(H,25,28)(H,26,29). The van der Waals surface area contributed by atoms with Crippen molar-refractivity contribution < 1.29 is 14.3 Å². The van der Waals surface area contributed by atoms with Crippen LogP contribution in [0.4, 0.5) is 21.9 Å².